The second-order valence-corrected chi connectivity index (χ2v) is 16.7. The van der Waals surface area contributed by atoms with Crippen LogP contribution in [-0.2, 0) is 5.41 Å². The monoisotopic (exact) mass is 781 g/mol. The summed E-state index contributed by atoms with van der Waals surface area (Å²) in [6, 6.07) is 65.5. The van der Waals surface area contributed by atoms with E-state index < -0.39 is 5.41 Å². The molecule has 0 N–H and O–H groups in total. The van der Waals surface area contributed by atoms with Crippen LogP contribution >= 0.6 is 11.8 Å². The normalized spacial score (nSPS) is 15.0. The number of pyridine rings is 2. The zero-order valence-corrected chi connectivity index (χ0v) is 32.9. The maximum Gasteiger partial charge on any atom is 0.0991 e. The molecule has 6 heteroatoms. The minimum atomic E-state index is -0.655. The van der Waals surface area contributed by atoms with Gasteiger partial charge in [-0.1, -0.05) is 109 Å². The predicted molar refractivity (Wildman–Crippen MR) is 242 cm³/mol. The van der Waals surface area contributed by atoms with Crippen molar-refractivity contribution in [3.05, 3.63) is 216 Å². The average Bonchev–Trinajstić information content (AvgIpc) is 3.93. The summed E-state index contributed by atoms with van der Waals surface area (Å²) in [7, 11) is 0. The number of nitriles is 1. The lowest BCUT2D eigenvalue weighted by atomic mass is 9.67. The topological polar surface area (TPSA) is 59.4 Å². The molecule has 1 aliphatic carbocycles. The van der Waals surface area contributed by atoms with Crippen molar-refractivity contribution in [3.8, 4) is 40.0 Å². The zero-order valence-electron chi connectivity index (χ0n) is 32.0. The molecule has 0 saturated carbocycles. The smallest absolute Gasteiger partial charge is 0.0991 e. The van der Waals surface area contributed by atoms with Crippen LogP contribution < -0.4 is 0 Å². The van der Waals surface area contributed by atoms with Gasteiger partial charge in [-0.3, -0.25) is 9.97 Å². The van der Waals surface area contributed by atoms with Gasteiger partial charge >= 0.3 is 0 Å². The molecule has 0 radical (unpaired) electrons. The number of rotatable bonds is 3. The molecule has 13 rings (SSSR count). The molecule has 1 spiro atoms. The van der Waals surface area contributed by atoms with Gasteiger partial charge in [-0.05, 0) is 107 Å². The first kappa shape index (κ1) is 33.3. The van der Waals surface area contributed by atoms with Gasteiger partial charge in [-0.2, -0.15) is 5.26 Å². The summed E-state index contributed by atoms with van der Waals surface area (Å²) in [5.74, 6) is 0. The summed E-state index contributed by atoms with van der Waals surface area (Å²) in [6.07, 6.45) is 3.87. The van der Waals surface area contributed by atoms with E-state index in [9.17, 15) is 5.26 Å². The van der Waals surface area contributed by atoms with Gasteiger partial charge in [0.15, 0.2) is 0 Å². The first-order valence-electron chi connectivity index (χ1n) is 20.1. The second kappa shape index (κ2) is 12.4. The maximum atomic E-state index is 9.81. The Balaban J connectivity index is 1.04. The Labute approximate surface area is 349 Å². The second-order valence-electron chi connectivity index (χ2n) is 15.7. The van der Waals surface area contributed by atoms with Crippen molar-refractivity contribution >= 4 is 55.4 Å². The molecule has 278 valence electrons. The summed E-state index contributed by atoms with van der Waals surface area (Å²) < 4.78 is 4.66. The third kappa shape index (κ3) is 4.42. The number of hydrogen-bond acceptors (Lipinski definition) is 4. The van der Waals surface area contributed by atoms with Gasteiger partial charge in [-0.25, -0.2) is 0 Å². The van der Waals surface area contributed by atoms with Crippen LogP contribution in [0.1, 0.15) is 27.8 Å². The van der Waals surface area contributed by atoms with E-state index in [2.05, 4.69) is 179 Å². The lowest BCUT2D eigenvalue weighted by Gasteiger charge is -2.39. The largest absolute Gasteiger partial charge is 0.309 e. The summed E-state index contributed by atoms with van der Waals surface area (Å²) in [6.45, 7) is 0. The Morgan fingerprint density at radius 2 is 1.07 bits per heavy atom. The highest BCUT2D eigenvalue weighted by atomic mass is 32.2. The Bertz CT molecular complexity index is 3670. The van der Waals surface area contributed by atoms with E-state index in [1.807, 2.05) is 36.3 Å². The first-order valence-corrected chi connectivity index (χ1v) is 20.9. The molecular weight excluding hydrogens is 751 g/mol. The summed E-state index contributed by atoms with van der Waals surface area (Å²) >= 11 is 1.84. The molecule has 5 nitrogen and oxygen atoms in total. The van der Waals surface area contributed by atoms with E-state index in [4.69, 9.17) is 9.97 Å². The highest BCUT2D eigenvalue weighted by Gasteiger charge is 2.51. The molecule has 5 heterocycles. The Morgan fingerprint density at radius 1 is 0.450 bits per heavy atom. The Kier molecular flexibility index (Phi) is 6.87. The fourth-order valence-corrected chi connectivity index (χ4v) is 11.5. The van der Waals surface area contributed by atoms with Gasteiger partial charge < -0.3 is 9.13 Å². The molecule has 0 bridgehead atoms. The number of hydrogen-bond donors (Lipinski definition) is 0. The van der Waals surface area contributed by atoms with E-state index in [-0.39, 0.29) is 0 Å². The number of fused-ring (bicyclic) bond motifs is 15. The highest BCUT2D eigenvalue weighted by Crippen LogP contribution is 2.62. The SMILES string of the molecule is N#Cc1ccc2c(c1)c1ccccc1n2-c1cnc2c(c1)C1(c3ccccc3Sc3cc(-c4ccc5c(c4)c4ccccc4n5-c4ccccc4)ccc31)c1cccnc1-2. The maximum absolute atomic E-state index is 9.81. The van der Waals surface area contributed by atoms with Gasteiger partial charge in [0, 0.05) is 48.8 Å². The highest BCUT2D eigenvalue weighted by molar-refractivity contribution is 7.99. The van der Waals surface area contributed by atoms with Crippen LogP contribution in [0, 0.1) is 11.3 Å². The molecule has 0 saturated heterocycles. The van der Waals surface area contributed by atoms with E-state index in [1.54, 1.807) is 0 Å². The van der Waals surface area contributed by atoms with Crippen LogP contribution in [0.2, 0.25) is 0 Å². The fourth-order valence-electron chi connectivity index (χ4n) is 10.2. The molecule has 0 amide bonds. The zero-order chi connectivity index (χ0) is 39.5. The van der Waals surface area contributed by atoms with Crippen LogP contribution in [0.15, 0.2) is 198 Å². The average molecular weight is 782 g/mol. The lowest BCUT2D eigenvalue weighted by molar-refractivity contribution is 0.719. The summed E-state index contributed by atoms with van der Waals surface area (Å²) in [4.78, 5) is 12.8. The standard InChI is InChI=1S/C54H31N5S/c55-31-33-20-24-48-40(27-33)38-13-4-8-18-47(38)59(48)37-30-45-53(57-32-37)52-44(16-10-26-56-52)54(45)42-15-6-9-19-50(42)60-51-29-35(21-23-43(51)54)34-22-25-49-41(28-34)39-14-5-7-17-46(39)58(49)36-11-2-1-3-12-36/h1-30,32H. The van der Waals surface area contributed by atoms with Crippen molar-refractivity contribution in [2.75, 3.05) is 0 Å². The number of nitrogens with zero attached hydrogens (tertiary/aromatic N) is 5. The molecule has 11 aromatic rings. The Morgan fingerprint density at radius 3 is 1.88 bits per heavy atom. The molecule has 7 aromatic carbocycles. The third-order valence-electron chi connectivity index (χ3n) is 12.7. The van der Waals surface area contributed by atoms with E-state index in [1.165, 1.54) is 53.9 Å². The van der Waals surface area contributed by atoms with Crippen LogP contribution in [-0.4, -0.2) is 19.1 Å². The first-order chi connectivity index (χ1) is 29.7. The predicted octanol–water partition coefficient (Wildman–Crippen LogP) is 13.0. The molecule has 1 aliphatic heterocycles. The van der Waals surface area contributed by atoms with Gasteiger partial charge in [0.2, 0.25) is 0 Å². The number of aromatic nitrogens is 4. The molecule has 2 aliphatic rings. The van der Waals surface area contributed by atoms with Crippen molar-refractivity contribution in [1.82, 2.24) is 19.1 Å². The molecule has 4 aromatic heterocycles. The lowest BCUT2D eigenvalue weighted by Crippen LogP contribution is -2.32. The molecule has 1 atom stereocenters. The quantitative estimate of drug-likeness (QED) is 0.179. The minimum Gasteiger partial charge on any atom is -0.309 e. The van der Waals surface area contributed by atoms with Crippen LogP contribution in [0.4, 0.5) is 0 Å². The number of para-hydroxylation sites is 3. The molecule has 0 fully saturated rings. The van der Waals surface area contributed by atoms with Crippen molar-refractivity contribution < 1.29 is 0 Å². The van der Waals surface area contributed by atoms with Gasteiger partial charge in [0.25, 0.3) is 0 Å². The van der Waals surface area contributed by atoms with Crippen LogP contribution in [0.5, 0.6) is 0 Å². The van der Waals surface area contributed by atoms with Gasteiger partial charge in [0.05, 0.1) is 62.4 Å². The van der Waals surface area contributed by atoms with E-state index in [0.29, 0.717) is 5.56 Å². The van der Waals surface area contributed by atoms with Crippen LogP contribution in [0.25, 0.3) is 77.5 Å². The fraction of sp³-hybridized carbons (Fsp3) is 0.0185. The molecular formula is C54H31N5S. The van der Waals surface area contributed by atoms with Crippen molar-refractivity contribution in [3.63, 3.8) is 0 Å². The van der Waals surface area contributed by atoms with Crippen LogP contribution in [0.3, 0.4) is 0 Å². The van der Waals surface area contributed by atoms with Crippen molar-refractivity contribution in [2.45, 2.75) is 15.2 Å². The summed E-state index contributed by atoms with van der Waals surface area (Å²) in [5.41, 5.74) is 15.5. The summed E-state index contributed by atoms with van der Waals surface area (Å²) in [5, 5.41) is 14.4. The minimum absolute atomic E-state index is 0.643. The van der Waals surface area contributed by atoms with Gasteiger partial charge in [0.1, 0.15) is 0 Å². The molecule has 1 unspecified atom stereocenters. The molecule has 60 heavy (non-hydrogen) atoms. The van der Waals surface area contributed by atoms with E-state index in [0.717, 1.165) is 55.7 Å². The van der Waals surface area contributed by atoms with Gasteiger partial charge in [-0.15, -0.1) is 0 Å². The third-order valence-corrected chi connectivity index (χ3v) is 13.8. The number of benzene rings is 7. The van der Waals surface area contributed by atoms with Crippen molar-refractivity contribution in [1.29, 1.82) is 5.26 Å². The Hall–Kier alpha value is -7.72. The van der Waals surface area contributed by atoms with E-state index >= 15 is 0 Å². The van der Waals surface area contributed by atoms with Crippen molar-refractivity contribution in [2.24, 2.45) is 0 Å².